The van der Waals surface area contributed by atoms with Gasteiger partial charge < -0.3 is 9.80 Å². The summed E-state index contributed by atoms with van der Waals surface area (Å²) in [5, 5.41) is 11.7. The Balaban J connectivity index is 1.95. The van der Waals surface area contributed by atoms with Crippen molar-refractivity contribution < 1.29 is 18.2 Å². The Morgan fingerprint density at radius 2 is 1.93 bits per heavy atom. The van der Waals surface area contributed by atoms with Crippen LogP contribution in [-0.4, -0.2) is 63.5 Å². The SMILES string of the molecule is CC[C@@H]1CCCCN1c1ccc(S(=O)(=O)N2CC[NH+](C)CC2)cc1[N+](=O)[O-]. The van der Waals surface area contributed by atoms with Gasteiger partial charge in [-0.1, -0.05) is 6.92 Å². The number of nitro benzene ring substituents is 1. The highest BCUT2D eigenvalue weighted by molar-refractivity contribution is 7.89. The summed E-state index contributed by atoms with van der Waals surface area (Å²) >= 11 is 0. The van der Waals surface area contributed by atoms with Gasteiger partial charge in [-0.25, -0.2) is 8.42 Å². The van der Waals surface area contributed by atoms with Gasteiger partial charge in [0.1, 0.15) is 5.69 Å². The van der Waals surface area contributed by atoms with E-state index in [0.29, 0.717) is 18.8 Å². The predicted molar refractivity (Wildman–Crippen MR) is 104 cm³/mol. The molecule has 2 aliphatic rings. The minimum Gasteiger partial charge on any atom is -0.363 e. The third kappa shape index (κ3) is 4.09. The smallest absolute Gasteiger partial charge is 0.293 e. The van der Waals surface area contributed by atoms with Crippen molar-refractivity contribution in [2.75, 3.05) is 44.7 Å². The third-order valence-electron chi connectivity index (χ3n) is 5.77. The van der Waals surface area contributed by atoms with Crippen molar-refractivity contribution in [3.05, 3.63) is 28.3 Å². The van der Waals surface area contributed by atoms with Crippen molar-refractivity contribution >= 4 is 21.4 Å². The molecular weight excluding hydrogens is 368 g/mol. The summed E-state index contributed by atoms with van der Waals surface area (Å²) < 4.78 is 27.4. The van der Waals surface area contributed by atoms with E-state index >= 15 is 0 Å². The number of sulfonamides is 1. The Labute approximate surface area is 160 Å². The van der Waals surface area contributed by atoms with Gasteiger partial charge in [-0.05, 0) is 37.8 Å². The maximum absolute atomic E-state index is 13.0. The van der Waals surface area contributed by atoms with Crippen molar-refractivity contribution in [1.29, 1.82) is 0 Å². The van der Waals surface area contributed by atoms with Crippen LogP contribution in [0.1, 0.15) is 32.6 Å². The van der Waals surface area contributed by atoms with Gasteiger partial charge in [0.25, 0.3) is 5.69 Å². The molecule has 1 aromatic carbocycles. The number of hydrogen-bond acceptors (Lipinski definition) is 5. The number of nitro groups is 1. The number of likely N-dealkylation sites (N-methyl/N-ethyl adjacent to an activating group) is 1. The number of rotatable bonds is 5. The molecule has 0 amide bonds. The number of quaternary nitrogens is 1. The highest BCUT2D eigenvalue weighted by Gasteiger charge is 2.33. The topological polar surface area (TPSA) is 88.2 Å². The van der Waals surface area contributed by atoms with E-state index in [1.165, 1.54) is 21.3 Å². The molecule has 2 aliphatic heterocycles. The van der Waals surface area contributed by atoms with Gasteiger partial charge in [-0.15, -0.1) is 0 Å². The van der Waals surface area contributed by atoms with Crippen molar-refractivity contribution in [1.82, 2.24) is 4.31 Å². The fourth-order valence-electron chi connectivity index (χ4n) is 4.05. The number of nitrogens with zero attached hydrogens (tertiary/aromatic N) is 3. The van der Waals surface area contributed by atoms with Crippen LogP contribution in [0.15, 0.2) is 23.1 Å². The van der Waals surface area contributed by atoms with Gasteiger partial charge in [-0.3, -0.25) is 10.1 Å². The van der Waals surface area contributed by atoms with E-state index in [9.17, 15) is 18.5 Å². The number of nitrogens with one attached hydrogen (secondary N) is 1. The van der Waals surface area contributed by atoms with E-state index in [1.807, 2.05) is 7.05 Å². The predicted octanol–water partition coefficient (Wildman–Crippen LogP) is 0.883. The quantitative estimate of drug-likeness (QED) is 0.589. The Bertz CT molecular complexity index is 791. The van der Waals surface area contributed by atoms with Crippen LogP contribution in [0.4, 0.5) is 11.4 Å². The minimum absolute atomic E-state index is 0.0163. The summed E-state index contributed by atoms with van der Waals surface area (Å²) in [6.07, 6.45) is 4.05. The summed E-state index contributed by atoms with van der Waals surface area (Å²) in [6.45, 7) is 5.22. The molecule has 8 nitrogen and oxygen atoms in total. The van der Waals surface area contributed by atoms with Crippen molar-refractivity contribution in [3.8, 4) is 0 Å². The lowest BCUT2D eigenvalue weighted by molar-refractivity contribution is -0.883. The highest BCUT2D eigenvalue weighted by atomic mass is 32.2. The second kappa shape index (κ2) is 8.12. The van der Waals surface area contributed by atoms with Crippen LogP contribution in [0.3, 0.4) is 0 Å². The number of piperazine rings is 1. The van der Waals surface area contributed by atoms with Crippen molar-refractivity contribution in [3.63, 3.8) is 0 Å². The summed E-state index contributed by atoms with van der Waals surface area (Å²) in [4.78, 5) is 14.7. The Morgan fingerprint density at radius 3 is 2.56 bits per heavy atom. The van der Waals surface area contributed by atoms with Gasteiger partial charge in [0.2, 0.25) is 10.0 Å². The second-order valence-electron chi connectivity index (χ2n) is 7.52. The first-order valence-electron chi connectivity index (χ1n) is 9.71. The molecule has 1 N–H and O–H groups in total. The maximum Gasteiger partial charge on any atom is 0.293 e. The Morgan fingerprint density at radius 1 is 1.22 bits per heavy atom. The van der Waals surface area contributed by atoms with E-state index in [0.717, 1.165) is 45.3 Å². The largest absolute Gasteiger partial charge is 0.363 e. The van der Waals surface area contributed by atoms with E-state index in [1.54, 1.807) is 6.07 Å². The fraction of sp³-hybridized carbons (Fsp3) is 0.667. The fourth-order valence-corrected chi connectivity index (χ4v) is 5.51. The highest BCUT2D eigenvalue weighted by Crippen LogP contribution is 2.36. The van der Waals surface area contributed by atoms with Crippen LogP contribution in [0.25, 0.3) is 0 Å². The maximum atomic E-state index is 13.0. The summed E-state index contributed by atoms with van der Waals surface area (Å²) in [5.41, 5.74) is 0.421. The number of anilines is 1. The van der Waals surface area contributed by atoms with Crippen LogP contribution in [-0.2, 0) is 10.0 Å². The van der Waals surface area contributed by atoms with Gasteiger partial charge in [0.15, 0.2) is 0 Å². The molecule has 3 rings (SSSR count). The Kier molecular flexibility index (Phi) is 6.02. The van der Waals surface area contributed by atoms with E-state index < -0.39 is 14.9 Å². The van der Waals surface area contributed by atoms with Crippen LogP contribution in [0, 0.1) is 10.1 Å². The molecule has 0 radical (unpaired) electrons. The average molecular weight is 398 g/mol. The van der Waals surface area contributed by atoms with Crippen molar-refractivity contribution in [2.24, 2.45) is 0 Å². The van der Waals surface area contributed by atoms with Crippen LogP contribution >= 0.6 is 0 Å². The molecule has 0 spiro atoms. The van der Waals surface area contributed by atoms with Gasteiger partial charge in [0, 0.05) is 18.7 Å². The lowest BCUT2D eigenvalue weighted by atomic mass is 9.99. The van der Waals surface area contributed by atoms with E-state index in [4.69, 9.17) is 0 Å². The zero-order chi connectivity index (χ0) is 19.6. The molecule has 2 saturated heterocycles. The molecule has 0 aromatic heterocycles. The second-order valence-corrected chi connectivity index (χ2v) is 9.46. The van der Waals surface area contributed by atoms with E-state index in [2.05, 4.69) is 11.8 Å². The summed E-state index contributed by atoms with van der Waals surface area (Å²) in [7, 11) is -1.68. The molecule has 2 heterocycles. The normalized spacial score (nSPS) is 22.7. The van der Waals surface area contributed by atoms with Crippen molar-refractivity contribution in [2.45, 2.75) is 43.5 Å². The zero-order valence-corrected chi connectivity index (χ0v) is 16.9. The first-order chi connectivity index (χ1) is 12.8. The van der Waals surface area contributed by atoms with Gasteiger partial charge >= 0.3 is 0 Å². The van der Waals surface area contributed by atoms with E-state index in [-0.39, 0.29) is 16.6 Å². The molecule has 27 heavy (non-hydrogen) atoms. The third-order valence-corrected chi connectivity index (χ3v) is 7.66. The average Bonchev–Trinajstić information content (AvgIpc) is 2.67. The van der Waals surface area contributed by atoms with Crippen LogP contribution < -0.4 is 9.80 Å². The lowest BCUT2D eigenvalue weighted by Crippen LogP contribution is -3.12. The standard InChI is InChI=1S/C18H28N4O4S/c1-3-15-6-4-5-9-21(15)17-8-7-16(14-18(17)22(23)24)27(25,26)20-12-10-19(2)11-13-20/h7-8,14-15H,3-6,9-13H2,1-2H3/p+1/t15-/m1/s1. The molecule has 0 bridgehead atoms. The van der Waals surface area contributed by atoms with Crippen LogP contribution in [0.5, 0.6) is 0 Å². The molecule has 9 heteroatoms. The van der Waals surface area contributed by atoms with Crippen LogP contribution in [0.2, 0.25) is 0 Å². The first kappa shape index (κ1) is 20.0. The number of benzene rings is 1. The minimum atomic E-state index is -3.71. The molecule has 0 saturated carbocycles. The zero-order valence-electron chi connectivity index (χ0n) is 16.1. The van der Waals surface area contributed by atoms with Gasteiger partial charge in [-0.2, -0.15) is 4.31 Å². The number of hydrogen-bond donors (Lipinski definition) is 1. The Hall–Kier alpha value is -1.71. The molecule has 0 unspecified atom stereocenters. The molecule has 150 valence electrons. The summed E-state index contributed by atoms with van der Waals surface area (Å²) in [5.74, 6) is 0. The molecular formula is C18H29N4O4S+. The molecule has 1 aromatic rings. The molecule has 2 fully saturated rings. The molecule has 1 atom stereocenters. The summed E-state index contributed by atoms with van der Waals surface area (Å²) in [6, 6.07) is 4.67. The molecule has 0 aliphatic carbocycles. The monoisotopic (exact) mass is 397 g/mol. The lowest BCUT2D eigenvalue weighted by Gasteiger charge is -2.36. The number of piperidine rings is 1. The first-order valence-corrected chi connectivity index (χ1v) is 11.1. The van der Waals surface area contributed by atoms with Gasteiger partial charge in [0.05, 0.1) is 43.0 Å².